The second-order valence-electron chi connectivity index (χ2n) is 9.75. The minimum atomic E-state index is -4.56. The number of thiazole rings is 1. The topological polar surface area (TPSA) is 108 Å². The van der Waals surface area contributed by atoms with Gasteiger partial charge in [-0.25, -0.2) is 15.0 Å². The van der Waals surface area contributed by atoms with Gasteiger partial charge in [-0.15, -0.1) is 11.3 Å². The second kappa shape index (κ2) is 11.1. The standard InChI is InChI=1S/C26H29F3N4O3S/c1-14-9-18(12-19(10-14)32-25-30-8-7-21(33-25)26(27,28)29)20-13-31-23(37-20)22(34)15(2)11-16-3-5-17(6-4-16)24(35)36/h7-10,12-13,15-17,22,34H,3-6,11H2,1-2H3,(H,35,36)(H,30,32,33). The Bertz CT molecular complexity index is 1240. The molecular weight excluding hydrogens is 505 g/mol. The molecule has 0 amide bonds. The summed E-state index contributed by atoms with van der Waals surface area (Å²) in [5.41, 5.74) is 1.20. The van der Waals surface area contributed by atoms with E-state index in [0.717, 1.165) is 47.5 Å². The molecule has 37 heavy (non-hydrogen) atoms. The van der Waals surface area contributed by atoms with Crippen molar-refractivity contribution in [2.45, 2.75) is 58.2 Å². The van der Waals surface area contributed by atoms with Crippen LogP contribution in [0.15, 0.2) is 36.7 Å². The van der Waals surface area contributed by atoms with E-state index in [1.165, 1.54) is 11.3 Å². The number of halogens is 3. The number of carboxylic acids is 1. The number of aliphatic carboxylic acids is 1. The third-order valence-electron chi connectivity index (χ3n) is 6.78. The highest BCUT2D eigenvalue weighted by atomic mass is 32.1. The molecule has 1 aliphatic rings. The first-order valence-electron chi connectivity index (χ1n) is 12.2. The maximum Gasteiger partial charge on any atom is 0.433 e. The number of hydrogen-bond donors (Lipinski definition) is 3. The van der Waals surface area contributed by atoms with Crippen molar-refractivity contribution in [1.82, 2.24) is 15.0 Å². The molecule has 2 heterocycles. The fourth-order valence-electron chi connectivity index (χ4n) is 4.80. The molecule has 2 aromatic heterocycles. The van der Waals surface area contributed by atoms with Crippen LogP contribution in [0, 0.1) is 24.7 Å². The Hall–Kier alpha value is -3.05. The lowest BCUT2D eigenvalue weighted by Crippen LogP contribution is -2.23. The fraction of sp³-hybridized carbons (Fsp3) is 0.462. The number of alkyl halides is 3. The van der Waals surface area contributed by atoms with Crippen molar-refractivity contribution in [2.24, 2.45) is 17.8 Å². The molecule has 198 valence electrons. The van der Waals surface area contributed by atoms with Crippen LogP contribution in [-0.4, -0.2) is 31.1 Å². The Kier molecular flexibility index (Phi) is 8.13. The van der Waals surface area contributed by atoms with Crippen molar-refractivity contribution in [3.63, 3.8) is 0 Å². The summed E-state index contributed by atoms with van der Waals surface area (Å²) in [6.07, 6.45) is 1.32. The second-order valence-corrected chi connectivity index (χ2v) is 10.8. The van der Waals surface area contributed by atoms with Gasteiger partial charge in [-0.3, -0.25) is 4.79 Å². The summed E-state index contributed by atoms with van der Waals surface area (Å²) >= 11 is 1.37. The number of aliphatic hydroxyl groups is 1. The Labute approximate surface area is 216 Å². The molecule has 4 rings (SSSR count). The van der Waals surface area contributed by atoms with Gasteiger partial charge in [-0.05, 0) is 80.2 Å². The molecule has 1 aliphatic carbocycles. The number of aliphatic hydroxyl groups excluding tert-OH is 1. The summed E-state index contributed by atoms with van der Waals surface area (Å²) in [6.45, 7) is 3.86. The smallest absolute Gasteiger partial charge is 0.433 e. The largest absolute Gasteiger partial charge is 0.481 e. The van der Waals surface area contributed by atoms with Crippen LogP contribution in [0.4, 0.5) is 24.8 Å². The van der Waals surface area contributed by atoms with Gasteiger partial charge in [0.25, 0.3) is 0 Å². The number of aromatic nitrogens is 3. The van der Waals surface area contributed by atoms with Crippen LogP contribution in [0.3, 0.4) is 0 Å². The Balaban J connectivity index is 1.44. The Morgan fingerprint density at radius 2 is 1.92 bits per heavy atom. The van der Waals surface area contributed by atoms with Gasteiger partial charge in [0.2, 0.25) is 5.95 Å². The zero-order chi connectivity index (χ0) is 26.7. The minimum Gasteiger partial charge on any atom is -0.481 e. The summed E-state index contributed by atoms with van der Waals surface area (Å²) in [5, 5.41) is 23.6. The number of benzene rings is 1. The highest BCUT2D eigenvalue weighted by Gasteiger charge is 2.33. The van der Waals surface area contributed by atoms with Gasteiger partial charge < -0.3 is 15.5 Å². The number of carboxylic acid groups (broad SMARTS) is 1. The monoisotopic (exact) mass is 534 g/mol. The van der Waals surface area contributed by atoms with E-state index in [0.29, 0.717) is 29.5 Å². The molecule has 11 heteroatoms. The van der Waals surface area contributed by atoms with Crippen LogP contribution >= 0.6 is 11.3 Å². The van der Waals surface area contributed by atoms with Crippen molar-refractivity contribution in [1.29, 1.82) is 0 Å². The van der Waals surface area contributed by atoms with E-state index in [2.05, 4.69) is 20.3 Å². The van der Waals surface area contributed by atoms with Gasteiger partial charge in [0.15, 0.2) is 0 Å². The molecule has 2 unspecified atom stereocenters. The average molecular weight is 535 g/mol. The van der Waals surface area contributed by atoms with Gasteiger partial charge >= 0.3 is 12.1 Å². The van der Waals surface area contributed by atoms with Crippen molar-refractivity contribution >= 4 is 28.9 Å². The highest BCUT2D eigenvalue weighted by molar-refractivity contribution is 7.15. The number of hydrogen-bond acceptors (Lipinski definition) is 7. The van der Waals surface area contributed by atoms with E-state index in [1.54, 1.807) is 18.3 Å². The normalized spacial score (nSPS) is 19.8. The number of aryl methyl sites for hydroxylation is 1. The molecule has 0 radical (unpaired) electrons. The molecule has 0 saturated heterocycles. The van der Waals surface area contributed by atoms with Crippen LogP contribution in [0.25, 0.3) is 10.4 Å². The highest BCUT2D eigenvalue weighted by Crippen LogP contribution is 2.39. The van der Waals surface area contributed by atoms with E-state index in [1.807, 2.05) is 19.9 Å². The first-order valence-corrected chi connectivity index (χ1v) is 13.0. The molecule has 0 bridgehead atoms. The molecule has 7 nitrogen and oxygen atoms in total. The lowest BCUT2D eigenvalue weighted by molar-refractivity contribution is -0.143. The number of carbonyl (C=O) groups is 1. The summed E-state index contributed by atoms with van der Waals surface area (Å²) in [7, 11) is 0. The van der Waals surface area contributed by atoms with Gasteiger partial charge in [0.05, 0.1) is 10.8 Å². The van der Waals surface area contributed by atoms with E-state index in [9.17, 15) is 28.2 Å². The van der Waals surface area contributed by atoms with Crippen LogP contribution in [0.1, 0.15) is 61.4 Å². The van der Waals surface area contributed by atoms with E-state index < -0.39 is 23.9 Å². The summed E-state index contributed by atoms with van der Waals surface area (Å²) in [4.78, 5) is 23.9. The minimum absolute atomic E-state index is 0.0295. The predicted molar refractivity (Wildman–Crippen MR) is 134 cm³/mol. The SMILES string of the molecule is Cc1cc(Nc2nccc(C(F)(F)F)n2)cc(-c2cnc(C(O)C(C)CC3CCC(C(=O)O)CC3)s2)c1. The summed E-state index contributed by atoms with van der Waals surface area (Å²) < 4.78 is 39.0. The molecule has 3 aromatic rings. The van der Waals surface area contributed by atoms with Crippen LogP contribution in [0.2, 0.25) is 0 Å². The molecule has 0 aliphatic heterocycles. The fourth-order valence-corrected chi connectivity index (χ4v) is 5.83. The molecule has 1 fully saturated rings. The zero-order valence-corrected chi connectivity index (χ0v) is 21.3. The van der Waals surface area contributed by atoms with Crippen LogP contribution < -0.4 is 5.32 Å². The molecule has 2 atom stereocenters. The first-order chi connectivity index (χ1) is 17.5. The average Bonchev–Trinajstić information content (AvgIpc) is 3.33. The lowest BCUT2D eigenvalue weighted by atomic mass is 9.77. The molecule has 3 N–H and O–H groups in total. The number of nitrogens with one attached hydrogen (secondary N) is 1. The lowest BCUT2D eigenvalue weighted by Gasteiger charge is -2.29. The predicted octanol–water partition coefficient (Wildman–Crippen LogP) is 6.62. The quantitative estimate of drug-likeness (QED) is 0.298. The van der Waals surface area contributed by atoms with Gasteiger partial charge in [0.1, 0.15) is 16.8 Å². The van der Waals surface area contributed by atoms with Crippen molar-refractivity contribution < 1.29 is 28.2 Å². The van der Waals surface area contributed by atoms with Gasteiger partial charge in [0, 0.05) is 18.1 Å². The van der Waals surface area contributed by atoms with Gasteiger partial charge in [-0.2, -0.15) is 13.2 Å². The third-order valence-corrected chi connectivity index (χ3v) is 7.90. The van der Waals surface area contributed by atoms with Crippen molar-refractivity contribution in [2.75, 3.05) is 5.32 Å². The number of anilines is 2. The Morgan fingerprint density at radius 1 is 1.19 bits per heavy atom. The zero-order valence-electron chi connectivity index (χ0n) is 20.5. The molecule has 1 aromatic carbocycles. The number of rotatable bonds is 8. The first kappa shape index (κ1) is 27.0. The van der Waals surface area contributed by atoms with E-state index in [-0.39, 0.29) is 17.8 Å². The number of nitrogens with zero attached hydrogens (tertiary/aromatic N) is 3. The van der Waals surface area contributed by atoms with Crippen molar-refractivity contribution in [3.8, 4) is 10.4 Å². The third kappa shape index (κ3) is 6.84. The summed E-state index contributed by atoms with van der Waals surface area (Å²) in [6, 6.07) is 6.32. The van der Waals surface area contributed by atoms with Gasteiger partial charge in [-0.1, -0.05) is 13.0 Å². The van der Waals surface area contributed by atoms with Crippen LogP contribution in [0.5, 0.6) is 0 Å². The molecule has 1 saturated carbocycles. The Morgan fingerprint density at radius 3 is 2.59 bits per heavy atom. The summed E-state index contributed by atoms with van der Waals surface area (Å²) in [5.74, 6) is -0.773. The molecule has 0 spiro atoms. The van der Waals surface area contributed by atoms with Crippen molar-refractivity contribution in [3.05, 3.63) is 52.9 Å². The molecular formula is C26H29F3N4O3S. The van der Waals surface area contributed by atoms with E-state index in [4.69, 9.17) is 0 Å². The van der Waals surface area contributed by atoms with E-state index >= 15 is 0 Å². The maximum atomic E-state index is 13.0. The maximum absolute atomic E-state index is 13.0. The van der Waals surface area contributed by atoms with Crippen LogP contribution in [-0.2, 0) is 11.0 Å².